The first-order valence-corrected chi connectivity index (χ1v) is 4.86. The molecule has 0 spiro atoms. The van der Waals surface area contributed by atoms with Gasteiger partial charge in [-0.2, -0.15) is 0 Å². The number of halogens is 1. The van der Waals surface area contributed by atoms with Crippen LogP contribution in [0.1, 0.15) is 12.0 Å². The maximum Gasteiger partial charge on any atom is 0.124 e. The maximum atomic E-state index is 9.42. The Morgan fingerprint density at radius 1 is 1.53 bits per heavy atom. The molecule has 0 fully saturated rings. The van der Waals surface area contributed by atoms with E-state index >= 15 is 0 Å². The van der Waals surface area contributed by atoms with Gasteiger partial charge in [-0.05, 0) is 18.2 Å². The molecule has 1 aromatic rings. The Balaban J connectivity index is 2.55. The van der Waals surface area contributed by atoms with Gasteiger partial charge in [0.1, 0.15) is 12.4 Å². The smallest absolute Gasteiger partial charge is 0.124 e. The number of phenolic OH excluding ortho intramolecular Hbond substituents is 1. The number of phenols is 1. The van der Waals surface area contributed by atoms with Gasteiger partial charge in [0.2, 0.25) is 0 Å². The zero-order valence-electron chi connectivity index (χ0n) is 8.19. The van der Waals surface area contributed by atoms with Gasteiger partial charge in [0.15, 0.2) is 0 Å². The van der Waals surface area contributed by atoms with Crippen molar-refractivity contribution in [2.24, 2.45) is 5.16 Å². The summed E-state index contributed by atoms with van der Waals surface area (Å²) in [6, 6.07) is 4.72. The molecule has 3 nitrogen and oxygen atoms in total. The summed E-state index contributed by atoms with van der Waals surface area (Å²) in [5.41, 5.74) is 0.529. The van der Waals surface area contributed by atoms with Crippen LogP contribution >= 0.6 is 11.6 Å². The quantitative estimate of drug-likeness (QED) is 0.362. The van der Waals surface area contributed by atoms with Crippen LogP contribution in [-0.2, 0) is 4.84 Å². The van der Waals surface area contributed by atoms with Crippen molar-refractivity contribution in [3.05, 3.63) is 41.4 Å². The molecular weight excluding hydrogens is 214 g/mol. The summed E-state index contributed by atoms with van der Waals surface area (Å²) in [6.07, 6.45) is 3.90. The predicted molar refractivity (Wildman–Crippen MR) is 61.5 cm³/mol. The van der Waals surface area contributed by atoms with Crippen LogP contribution in [0.2, 0.25) is 5.02 Å². The van der Waals surface area contributed by atoms with Crippen molar-refractivity contribution in [2.75, 3.05) is 6.61 Å². The van der Waals surface area contributed by atoms with Crippen molar-refractivity contribution in [2.45, 2.75) is 6.42 Å². The fraction of sp³-hybridized carbons (Fsp3) is 0.182. The molecular formula is C11H12ClNO2. The minimum atomic E-state index is 0.121. The van der Waals surface area contributed by atoms with Crippen molar-refractivity contribution in [1.29, 1.82) is 0 Å². The van der Waals surface area contributed by atoms with Gasteiger partial charge < -0.3 is 9.94 Å². The molecule has 1 aromatic carbocycles. The summed E-state index contributed by atoms with van der Waals surface area (Å²) in [4.78, 5) is 4.92. The lowest BCUT2D eigenvalue weighted by atomic mass is 10.2. The van der Waals surface area contributed by atoms with E-state index in [4.69, 9.17) is 16.4 Å². The van der Waals surface area contributed by atoms with E-state index in [2.05, 4.69) is 11.7 Å². The van der Waals surface area contributed by atoms with Crippen LogP contribution in [0.5, 0.6) is 5.75 Å². The summed E-state index contributed by atoms with van der Waals surface area (Å²) >= 11 is 5.75. The second-order valence-corrected chi connectivity index (χ2v) is 3.28. The number of hydrogen-bond donors (Lipinski definition) is 1. The van der Waals surface area contributed by atoms with Gasteiger partial charge in [0.25, 0.3) is 0 Å². The van der Waals surface area contributed by atoms with Crippen molar-refractivity contribution >= 4 is 17.8 Å². The summed E-state index contributed by atoms with van der Waals surface area (Å²) < 4.78 is 0. The highest BCUT2D eigenvalue weighted by molar-refractivity contribution is 6.30. The molecule has 0 saturated carbocycles. The van der Waals surface area contributed by atoms with Gasteiger partial charge in [0.05, 0.1) is 6.21 Å². The molecule has 0 radical (unpaired) electrons. The van der Waals surface area contributed by atoms with Gasteiger partial charge >= 0.3 is 0 Å². The Labute approximate surface area is 93.6 Å². The van der Waals surface area contributed by atoms with E-state index in [9.17, 15) is 5.11 Å². The topological polar surface area (TPSA) is 41.8 Å². The molecule has 0 unspecified atom stereocenters. The van der Waals surface area contributed by atoms with Crippen molar-refractivity contribution < 1.29 is 9.94 Å². The Hall–Kier alpha value is -1.48. The third kappa shape index (κ3) is 4.04. The van der Waals surface area contributed by atoms with E-state index in [0.717, 1.165) is 6.42 Å². The highest BCUT2D eigenvalue weighted by Gasteiger charge is 1.98. The largest absolute Gasteiger partial charge is 0.507 e. The molecule has 0 bridgehead atoms. The van der Waals surface area contributed by atoms with Gasteiger partial charge in [0, 0.05) is 17.0 Å². The Morgan fingerprint density at radius 2 is 2.33 bits per heavy atom. The second-order valence-electron chi connectivity index (χ2n) is 2.85. The Bertz CT molecular complexity index is 364. The van der Waals surface area contributed by atoms with Crippen LogP contribution in [0.3, 0.4) is 0 Å². The van der Waals surface area contributed by atoms with E-state index in [1.165, 1.54) is 12.3 Å². The number of aromatic hydroxyl groups is 1. The van der Waals surface area contributed by atoms with E-state index in [0.29, 0.717) is 17.2 Å². The molecule has 0 amide bonds. The van der Waals surface area contributed by atoms with Gasteiger partial charge in [-0.15, -0.1) is 6.58 Å². The van der Waals surface area contributed by atoms with Crippen molar-refractivity contribution in [1.82, 2.24) is 0 Å². The van der Waals surface area contributed by atoms with Crippen molar-refractivity contribution in [3.8, 4) is 5.75 Å². The first kappa shape index (κ1) is 11.6. The predicted octanol–water partition coefficient (Wildman–Crippen LogP) is 2.97. The van der Waals surface area contributed by atoms with E-state index in [-0.39, 0.29) is 5.75 Å². The van der Waals surface area contributed by atoms with Crippen molar-refractivity contribution in [3.63, 3.8) is 0 Å². The molecule has 0 atom stereocenters. The molecule has 15 heavy (non-hydrogen) atoms. The van der Waals surface area contributed by atoms with Gasteiger partial charge in [-0.3, -0.25) is 0 Å². The van der Waals surface area contributed by atoms with Crippen LogP contribution in [0.15, 0.2) is 36.0 Å². The first-order valence-electron chi connectivity index (χ1n) is 4.49. The fourth-order valence-electron chi connectivity index (χ4n) is 0.912. The fourth-order valence-corrected chi connectivity index (χ4v) is 1.09. The zero-order valence-corrected chi connectivity index (χ0v) is 8.94. The van der Waals surface area contributed by atoms with Crippen LogP contribution in [0.25, 0.3) is 0 Å². The van der Waals surface area contributed by atoms with Crippen LogP contribution in [0, 0.1) is 0 Å². The van der Waals surface area contributed by atoms with Crippen LogP contribution in [-0.4, -0.2) is 17.9 Å². The standard InChI is InChI=1S/C11H12ClNO2/c1-2-3-6-15-13-8-9-7-10(12)4-5-11(9)14/h2,4-5,7-8,14H,1,3,6H2/b13-8+. The average molecular weight is 226 g/mol. The molecule has 0 saturated heterocycles. The molecule has 4 heteroatoms. The number of nitrogens with zero attached hydrogens (tertiary/aromatic N) is 1. The number of oxime groups is 1. The van der Waals surface area contributed by atoms with E-state index < -0.39 is 0 Å². The lowest BCUT2D eigenvalue weighted by molar-refractivity contribution is 0.151. The molecule has 0 aromatic heterocycles. The Kier molecular flexibility index (Phi) is 4.71. The molecule has 0 aliphatic carbocycles. The summed E-state index contributed by atoms with van der Waals surface area (Å²) in [5.74, 6) is 0.121. The number of hydrogen-bond acceptors (Lipinski definition) is 3. The lowest BCUT2D eigenvalue weighted by Crippen LogP contribution is -1.87. The van der Waals surface area contributed by atoms with E-state index in [1.54, 1.807) is 18.2 Å². The highest BCUT2D eigenvalue weighted by atomic mass is 35.5. The third-order valence-electron chi connectivity index (χ3n) is 1.67. The lowest BCUT2D eigenvalue weighted by Gasteiger charge is -1.99. The normalized spacial score (nSPS) is 10.5. The Morgan fingerprint density at radius 3 is 3.07 bits per heavy atom. The molecule has 1 rings (SSSR count). The van der Waals surface area contributed by atoms with Gasteiger partial charge in [-0.25, -0.2) is 0 Å². The minimum absolute atomic E-state index is 0.121. The SMILES string of the molecule is C=CCCO/N=C/c1cc(Cl)ccc1O. The van der Waals surface area contributed by atoms with E-state index in [1.807, 2.05) is 0 Å². The van der Waals surface area contributed by atoms with Crippen LogP contribution in [0.4, 0.5) is 0 Å². The molecule has 0 aliphatic rings. The van der Waals surface area contributed by atoms with Crippen LogP contribution < -0.4 is 0 Å². The molecule has 0 aliphatic heterocycles. The monoisotopic (exact) mass is 225 g/mol. The summed E-state index contributed by atoms with van der Waals surface area (Å²) in [5, 5.41) is 13.6. The maximum absolute atomic E-state index is 9.42. The summed E-state index contributed by atoms with van der Waals surface area (Å²) in [6.45, 7) is 4.03. The average Bonchev–Trinajstić information content (AvgIpc) is 2.23. The molecule has 1 N–H and O–H groups in total. The molecule has 80 valence electrons. The molecule has 0 heterocycles. The van der Waals surface area contributed by atoms with Gasteiger partial charge in [-0.1, -0.05) is 22.8 Å². The zero-order chi connectivity index (χ0) is 11.1. The minimum Gasteiger partial charge on any atom is -0.507 e. The number of rotatable bonds is 5. The summed E-state index contributed by atoms with van der Waals surface area (Å²) in [7, 11) is 0. The second kappa shape index (κ2) is 6.09. The highest BCUT2D eigenvalue weighted by Crippen LogP contribution is 2.19. The third-order valence-corrected chi connectivity index (χ3v) is 1.90. The first-order chi connectivity index (χ1) is 7.24. The number of benzene rings is 1.